The predicted octanol–water partition coefficient (Wildman–Crippen LogP) is 4.49. The Morgan fingerprint density at radius 2 is 1.81 bits per heavy atom. The number of sulfonamides is 1. The van der Waals surface area contributed by atoms with Crippen LogP contribution in [0.5, 0.6) is 5.75 Å². The Labute approximate surface area is 188 Å². The van der Waals surface area contributed by atoms with Gasteiger partial charge in [0.1, 0.15) is 5.75 Å². The van der Waals surface area contributed by atoms with Gasteiger partial charge in [0.05, 0.1) is 23.4 Å². The van der Waals surface area contributed by atoms with E-state index < -0.39 is 10.0 Å². The van der Waals surface area contributed by atoms with Gasteiger partial charge in [0.15, 0.2) is 0 Å². The molecule has 1 heterocycles. The summed E-state index contributed by atoms with van der Waals surface area (Å²) in [4.78, 5) is 2.41. The molecule has 2 N–H and O–H groups in total. The third kappa shape index (κ3) is 4.59. The maximum Gasteiger partial charge on any atom is 0.261 e. The van der Waals surface area contributed by atoms with Gasteiger partial charge < -0.3 is 15.0 Å². The molecule has 31 heavy (non-hydrogen) atoms. The number of ether oxygens (including phenoxy) is 1. The van der Waals surface area contributed by atoms with E-state index in [4.69, 9.17) is 16.3 Å². The molecule has 4 rings (SSSR count). The van der Waals surface area contributed by atoms with Gasteiger partial charge in [0.2, 0.25) is 0 Å². The quantitative estimate of drug-likeness (QED) is 0.588. The zero-order valence-electron chi connectivity index (χ0n) is 17.7. The van der Waals surface area contributed by atoms with E-state index in [0.717, 1.165) is 29.5 Å². The molecule has 0 bridgehead atoms. The van der Waals surface area contributed by atoms with E-state index in [9.17, 15) is 8.42 Å². The molecule has 6 nitrogen and oxygen atoms in total. The lowest BCUT2D eigenvalue weighted by Crippen LogP contribution is -2.54. The lowest BCUT2D eigenvalue weighted by atomic mass is 10.1. The summed E-state index contributed by atoms with van der Waals surface area (Å²) in [6.45, 7) is 5.88. The number of benzene rings is 3. The summed E-state index contributed by atoms with van der Waals surface area (Å²) in [6.07, 6.45) is 0. The van der Waals surface area contributed by atoms with Gasteiger partial charge in [-0.1, -0.05) is 29.8 Å². The minimum atomic E-state index is -3.77. The third-order valence-electron chi connectivity index (χ3n) is 5.44. The summed E-state index contributed by atoms with van der Waals surface area (Å²) in [5, 5.41) is 5.69. The highest BCUT2D eigenvalue weighted by Gasteiger charge is 2.24. The molecule has 1 aliphatic rings. The van der Waals surface area contributed by atoms with Gasteiger partial charge in [-0.3, -0.25) is 4.72 Å². The van der Waals surface area contributed by atoms with E-state index >= 15 is 0 Å². The van der Waals surface area contributed by atoms with E-state index in [1.54, 1.807) is 49.6 Å². The van der Waals surface area contributed by atoms with Crippen LogP contribution < -0.4 is 19.7 Å². The molecule has 0 amide bonds. The molecule has 3 aromatic rings. The van der Waals surface area contributed by atoms with Crippen LogP contribution in [0.25, 0.3) is 10.8 Å². The zero-order chi connectivity index (χ0) is 22.2. The molecular formula is C23H26ClN3O3S. The molecule has 0 radical (unpaired) electrons. The predicted molar refractivity (Wildman–Crippen MR) is 127 cm³/mol. The number of fused-ring (bicyclic) bond motifs is 1. The molecule has 2 atom stereocenters. The normalized spacial score (nSPS) is 19.4. The van der Waals surface area contributed by atoms with Crippen molar-refractivity contribution in [1.82, 2.24) is 5.32 Å². The molecule has 164 valence electrons. The van der Waals surface area contributed by atoms with Gasteiger partial charge in [-0.05, 0) is 55.6 Å². The van der Waals surface area contributed by atoms with Gasteiger partial charge in [-0.15, -0.1) is 0 Å². The maximum absolute atomic E-state index is 13.1. The fraction of sp³-hybridized carbons (Fsp3) is 0.304. The van der Waals surface area contributed by atoms with E-state index in [0.29, 0.717) is 28.5 Å². The molecule has 1 fully saturated rings. The first-order chi connectivity index (χ1) is 14.8. The number of hydrogen-bond acceptors (Lipinski definition) is 5. The number of nitrogens with one attached hydrogen (secondary N) is 2. The monoisotopic (exact) mass is 459 g/mol. The standard InChI is InChI=1S/C23H26ClN3O3S/c1-15-13-27(14-16(2)25-15)22-12-18(7-10-23(22)30-3)26-31(28,29)19-8-9-20-17(11-19)5-4-6-21(20)24/h4-12,15-16,25-26H,13-14H2,1-3H3/t15-,16+. The lowest BCUT2D eigenvalue weighted by molar-refractivity contribution is 0.391. The minimum Gasteiger partial charge on any atom is -0.495 e. The van der Waals surface area contributed by atoms with Crippen molar-refractivity contribution in [2.45, 2.75) is 30.8 Å². The highest BCUT2D eigenvalue weighted by atomic mass is 35.5. The van der Waals surface area contributed by atoms with Crippen LogP contribution in [0.15, 0.2) is 59.5 Å². The molecule has 0 saturated carbocycles. The second-order valence-electron chi connectivity index (χ2n) is 7.99. The average molecular weight is 460 g/mol. The molecule has 1 saturated heterocycles. The molecule has 0 aromatic heterocycles. The van der Waals surface area contributed by atoms with Crippen molar-refractivity contribution >= 4 is 43.8 Å². The van der Waals surface area contributed by atoms with Crippen LogP contribution in [0, 0.1) is 0 Å². The number of hydrogen-bond donors (Lipinski definition) is 2. The highest BCUT2D eigenvalue weighted by Crippen LogP contribution is 2.34. The van der Waals surface area contributed by atoms with Crippen molar-refractivity contribution in [2.24, 2.45) is 0 Å². The van der Waals surface area contributed by atoms with Crippen molar-refractivity contribution in [1.29, 1.82) is 0 Å². The smallest absolute Gasteiger partial charge is 0.261 e. The number of halogens is 1. The van der Waals surface area contributed by atoms with E-state index in [-0.39, 0.29) is 4.90 Å². The van der Waals surface area contributed by atoms with Crippen LogP contribution in [0.1, 0.15) is 13.8 Å². The summed E-state index contributed by atoms with van der Waals surface area (Å²) in [7, 11) is -2.15. The highest BCUT2D eigenvalue weighted by molar-refractivity contribution is 7.92. The molecular weight excluding hydrogens is 434 g/mol. The molecule has 3 aromatic carbocycles. The third-order valence-corrected chi connectivity index (χ3v) is 7.15. The first-order valence-electron chi connectivity index (χ1n) is 10.2. The van der Waals surface area contributed by atoms with Crippen molar-refractivity contribution in [3.05, 3.63) is 59.6 Å². The van der Waals surface area contributed by atoms with Crippen LogP contribution in [0.3, 0.4) is 0 Å². The van der Waals surface area contributed by atoms with E-state index in [1.165, 1.54) is 0 Å². The Balaban J connectivity index is 1.65. The van der Waals surface area contributed by atoms with Gasteiger partial charge in [0.25, 0.3) is 10.0 Å². The Morgan fingerprint density at radius 3 is 2.52 bits per heavy atom. The van der Waals surface area contributed by atoms with Crippen molar-refractivity contribution < 1.29 is 13.2 Å². The van der Waals surface area contributed by atoms with Gasteiger partial charge in [-0.2, -0.15) is 0 Å². The van der Waals surface area contributed by atoms with Crippen LogP contribution >= 0.6 is 11.6 Å². The summed E-state index contributed by atoms with van der Waals surface area (Å²) in [6, 6.07) is 16.3. The Hall–Kier alpha value is -2.48. The van der Waals surface area contributed by atoms with Gasteiger partial charge >= 0.3 is 0 Å². The van der Waals surface area contributed by atoms with E-state index in [2.05, 4.69) is 28.8 Å². The Kier molecular flexibility index (Phi) is 6.01. The molecule has 0 spiro atoms. The summed E-state index contributed by atoms with van der Waals surface area (Å²) in [5.74, 6) is 0.713. The van der Waals surface area contributed by atoms with Crippen LogP contribution in [0.2, 0.25) is 5.02 Å². The fourth-order valence-corrected chi connectivity index (χ4v) is 5.46. The molecule has 8 heteroatoms. The zero-order valence-corrected chi connectivity index (χ0v) is 19.3. The molecule has 1 aliphatic heterocycles. The number of rotatable bonds is 5. The number of nitrogens with zero attached hydrogens (tertiary/aromatic N) is 1. The fourth-order valence-electron chi connectivity index (χ4n) is 4.13. The first-order valence-corrected chi connectivity index (χ1v) is 12.0. The lowest BCUT2D eigenvalue weighted by Gasteiger charge is -2.38. The second kappa shape index (κ2) is 8.57. The molecule has 0 aliphatic carbocycles. The van der Waals surface area contributed by atoms with Crippen LogP contribution in [-0.2, 0) is 10.0 Å². The number of anilines is 2. The topological polar surface area (TPSA) is 70.7 Å². The van der Waals surface area contributed by atoms with Crippen molar-refractivity contribution in [3.63, 3.8) is 0 Å². The summed E-state index contributed by atoms with van der Waals surface area (Å²) >= 11 is 6.21. The van der Waals surface area contributed by atoms with Crippen LogP contribution in [-0.4, -0.2) is 40.7 Å². The minimum absolute atomic E-state index is 0.184. The number of piperazine rings is 1. The van der Waals surface area contributed by atoms with E-state index in [1.807, 2.05) is 12.1 Å². The Bertz CT molecular complexity index is 1210. The second-order valence-corrected chi connectivity index (χ2v) is 10.1. The van der Waals surface area contributed by atoms with Gasteiger partial charge in [-0.25, -0.2) is 8.42 Å². The SMILES string of the molecule is COc1ccc(NS(=O)(=O)c2ccc3c(Cl)cccc3c2)cc1N1C[C@@H](C)N[C@@H](C)C1. The van der Waals surface area contributed by atoms with Crippen molar-refractivity contribution in [2.75, 3.05) is 29.8 Å². The van der Waals surface area contributed by atoms with Crippen LogP contribution in [0.4, 0.5) is 11.4 Å². The summed E-state index contributed by atoms with van der Waals surface area (Å²) in [5.41, 5.74) is 1.36. The Morgan fingerprint density at radius 1 is 1.06 bits per heavy atom. The van der Waals surface area contributed by atoms with Gasteiger partial charge in [0, 0.05) is 35.6 Å². The summed E-state index contributed by atoms with van der Waals surface area (Å²) < 4.78 is 34.4. The molecule has 0 unspecified atom stereocenters. The maximum atomic E-state index is 13.1. The largest absolute Gasteiger partial charge is 0.495 e. The number of methoxy groups -OCH3 is 1. The van der Waals surface area contributed by atoms with Crippen molar-refractivity contribution in [3.8, 4) is 5.75 Å². The first kappa shape index (κ1) is 21.7. The average Bonchev–Trinajstić information content (AvgIpc) is 2.72.